The summed E-state index contributed by atoms with van der Waals surface area (Å²) in [5.74, 6) is 1.07. The fourth-order valence-corrected chi connectivity index (χ4v) is 2.15. The number of aryl methyl sites for hydroxylation is 1. The van der Waals surface area contributed by atoms with Crippen LogP contribution in [0.1, 0.15) is 12.5 Å². The van der Waals surface area contributed by atoms with E-state index < -0.39 is 0 Å². The summed E-state index contributed by atoms with van der Waals surface area (Å²) < 4.78 is 0. The molecule has 1 aliphatic rings. The number of rotatable bonds is 4. The third-order valence-electron chi connectivity index (χ3n) is 3.33. The van der Waals surface area contributed by atoms with Crippen molar-refractivity contribution in [3.63, 3.8) is 0 Å². The molecule has 0 atom stereocenters. The maximum atomic E-state index is 8.89. The van der Waals surface area contributed by atoms with E-state index in [1.165, 1.54) is 5.56 Å². The molecule has 17 heavy (non-hydrogen) atoms. The molecular weight excluding hydrogens is 214 g/mol. The van der Waals surface area contributed by atoms with E-state index in [9.17, 15) is 0 Å². The number of piperazine rings is 1. The Labute approximate surface area is 103 Å². The molecule has 0 unspecified atom stereocenters. The first-order valence-electron chi connectivity index (χ1n) is 6.36. The Hall–Kier alpha value is -1.13. The molecule has 2 heterocycles. The molecule has 0 amide bonds. The van der Waals surface area contributed by atoms with Crippen LogP contribution in [0.4, 0.5) is 5.82 Å². The Morgan fingerprint density at radius 3 is 2.53 bits per heavy atom. The van der Waals surface area contributed by atoms with Gasteiger partial charge < -0.3 is 10.0 Å². The number of aliphatic hydroxyl groups is 1. The SMILES string of the molecule is CCc1ccc(N2CCN(CCO)CC2)nc1. The Bertz CT molecular complexity index is 331. The topological polar surface area (TPSA) is 39.6 Å². The molecule has 1 saturated heterocycles. The van der Waals surface area contributed by atoms with Gasteiger partial charge in [-0.05, 0) is 18.1 Å². The van der Waals surface area contributed by atoms with E-state index >= 15 is 0 Å². The maximum Gasteiger partial charge on any atom is 0.128 e. The highest BCUT2D eigenvalue weighted by atomic mass is 16.3. The van der Waals surface area contributed by atoms with Gasteiger partial charge in [0.1, 0.15) is 5.82 Å². The summed E-state index contributed by atoms with van der Waals surface area (Å²) in [5.41, 5.74) is 1.28. The largest absolute Gasteiger partial charge is 0.395 e. The molecule has 1 aromatic rings. The summed E-state index contributed by atoms with van der Waals surface area (Å²) in [6.45, 7) is 7.20. The summed E-state index contributed by atoms with van der Waals surface area (Å²) in [6.07, 6.45) is 3.01. The van der Waals surface area contributed by atoms with Gasteiger partial charge in [0, 0.05) is 38.9 Å². The van der Waals surface area contributed by atoms with Gasteiger partial charge in [0.2, 0.25) is 0 Å². The minimum atomic E-state index is 0.253. The van der Waals surface area contributed by atoms with E-state index in [0.29, 0.717) is 0 Å². The van der Waals surface area contributed by atoms with E-state index in [4.69, 9.17) is 5.11 Å². The minimum Gasteiger partial charge on any atom is -0.395 e. The van der Waals surface area contributed by atoms with Gasteiger partial charge in [0.05, 0.1) is 6.61 Å². The third-order valence-corrected chi connectivity index (χ3v) is 3.33. The first-order valence-corrected chi connectivity index (χ1v) is 6.36. The lowest BCUT2D eigenvalue weighted by Gasteiger charge is -2.35. The van der Waals surface area contributed by atoms with Crippen LogP contribution in [0.15, 0.2) is 18.3 Å². The summed E-state index contributed by atoms with van der Waals surface area (Å²) in [5, 5.41) is 8.89. The van der Waals surface area contributed by atoms with Crippen LogP contribution in [0.5, 0.6) is 0 Å². The summed E-state index contributed by atoms with van der Waals surface area (Å²) in [4.78, 5) is 9.10. The van der Waals surface area contributed by atoms with Crippen molar-refractivity contribution in [2.45, 2.75) is 13.3 Å². The maximum absolute atomic E-state index is 8.89. The summed E-state index contributed by atoms with van der Waals surface area (Å²) in [6, 6.07) is 4.27. The normalized spacial score (nSPS) is 17.4. The van der Waals surface area contributed by atoms with E-state index in [1.54, 1.807) is 0 Å². The number of anilines is 1. The lowest BCUT2D eigenvalue weighted by Crippen LogP contribution is -2.47. The second-order valence-electron chi connectivity index (χ2n) is 4.43. The molecule has 2 rings (SSSR count). The van der Waals surface area contributed by atoms with Crippen LogP contribution in [0.25, 0.3) is 0 Å². The van der Waals surface area contributed by atoms with Crippen molar-refractivity contribution >= 4 is 5.82 Å². The van der Waals surface area contributed by atoms with Crippen molar-refractivity contribution in [2.24, 2.45) is 0 Å². The second-order valence-corrected chi connectivity index (χ2v) is 4.43. The zero-order valence-electron chi connectivity index (χ0n) is 10.5. The van der Waals surface area contributed by atoms with E-state index in [2.05, 4.69) is 33.8 Å². The number of β-amino-alcohol motifs (C(OH)–C–C–N with tert-alkyl or cyclic N) is 1. The van der Waals surface area contributed by atoms with Crippen molar-refractivity contribution < 1.29 is 5.11 Å². The number of nitrogens with zero attached hydrogens (tertiary/aromatic N) is 3. The van der Waals surface area contributed by atoms with Gasteiger partial charge in [-0.25, -0.2) is 4.98 Å². The van der Waals surface area contributed by atoms with Gasteiger partial charge in [-0.3, -0.25) is 4.90 Å². The van der Waals surface area contributed by atoms with Crippen LogP contribution >= 0.6 is 0 Å². The molecular formula is C13H21N3O. The lowest BCUT2D eigenvalue weighted by atomic mass is 10.2. The van der Waals surface area contributed by atoms with Crippen molar-refractivity contribution in [3.8, 4) is 0 Å². The van der Waals surface area contributed by atoms with Crippen molar-refractivity contribution in [1.82, 2.24) is 9.88 Å². The zero-order valence-corrected chi connectivity index (χ0v) is 10.5. The molecule has 1 N–H and O–H groups in total. The summed E-state index contributed by atoms with van der Waals surface area (Å²) in [7, 11) is 0. The monoisotopic (exact) mass is 235 g/mol. The van der Waals surface area contributed by atoms with Crippen molar-refractivity contribution in [1.29, 1.82) is 0 Å². The predicted octanol–water partition coefficient (Wildman–Crippen LogP) is 0.758. The average molecular weight is 235 g/mol. The van der Waals surface area contributed by atoms with E-state index in [0.717, 1.165) is 45.0 Å². The highest BCUT2D eigenvalue weighted by molar-refractivity contribution is 5.39. The molecule has 0 saturated carbocycles. The average Bonchev–Trinajstić information content (AvgIpc) is 2.40. The quantitative estimate of drug-likeness (QED) is 0.836. The first-order chi connectivity index (χ1) is 8.33. The first kappa shape index (κ1) is 12.3. The molecule has 1 aliphatic heterocycles. The van der Waals surface area contributed by atoms with Gasteiger partial charge in [-0.2, -0.15) is 0 Å². The Balaban J connectivity index is 1.91. The molecule has 4 heteroatoms. The van der Waals surface area contributed by atoms with Gasteiger partial charge in [0.15, 0.2) is 0 Å². The van der Waals surface area contributed by atoms with E-state index in [-0.39, 0.29) is 6.61 Å². The van der Waals surface area contributed by atoms with Crippen LogP contribution in [-0.4, -0.2) is 54.3 Å². The minimum absolute atomic E-state index is 0.253. The molecule has 94 valence electrons. The van der Waals surface area contributed by atoms with Gasteiger partial charge in [0.25, 0.3) is 0 Å². The second kappa shape index (κ2) is 5.98. The van der Waals surface area contributed by atoms with E-state index in [1.807, 2.05) is 6.20 Å². The fraction of sp³-hybridized carbons (Fsp3) is 0.615. The molecule has 1 aromatic heterocycles. The van der Waals surface area contributed by atoms with Crippen LogP contribution in [-0.2, 0) is 6.42 Å². The van der Waals surface area contributed by atoms with Crippen LogP contribution < -0.4 is 4.90 Å². The van der Waals surface area contributed by atoms with Gasteiger partial charge in [-0.1, -0.05) is 13.0 Å². The van der Waals surface area contributed by atoms with Gasteiger partial charge in [-0.15, -0.1) is 0 Å². The highest BCUT2D eigenvalue weighted by Gasteiger charge is 2.17. The fourth-order valence-electron chi connectivity index (χ4n) is 2.15. The lowest BCUT2D eigenvalue weighted by molar-refractivity contribution is 0.188. The van der Waals surface area contributed by atoms with Crippen molar-refractivity contribution in [3.05, 3.63) is 23.9 Å². The Morgan fingerprint density at radius 1 is 1.24 bits per heavy atom. The summed E-state index contributed by atoms with van der Waals surface area (Å²) >= 11 is 0. The smallest absolute Gasteiger partial charge is 0.128 e. The number of aliphatic hydroxyl groups excluding tert-OH is 1. The standard InChI is InChI=1S/C13H21N3O/c1-2-12-3-4-13(14-11-12)16-7-5-15(6-8-16)9-10-17/h3-4,11,17H,2,5-10H2,1H3. The predicted molar refractivity (Wildman–Crippen MR) is 69.4 cm³/mol. The van der Waals surface area contributed by atoms with Crippen LogP contribution in [0, 0.1) is 0 Å². The zero-order chi connectivity index (χ0) is 12.1. The molecule has 0 spiro atoms. The molecule has 0 aromatic carbocycles. The molecule has 4 nitrogen and oxygen atoms in total. The molecule has 0 bridgehead atoms. The number of hydrogen-bond donors (Lipinski definition) is 1. The number of pyridine rings is 1. The van der Waals surface area contributed by atoms with Crippen LogP contribution in [0.2, 0.25) is 0 Å². The molecule has 0 aliphatic carbocycles. The van der Waals surface area contributed by atoms with Crippen molar-refractivity contribution in [2.75, 3.05) is 44.2 Å². The Kier molecular flexibility index (Phi) is 4.34. The Morgan fingerprint density at radius 2 is 2.00 bits per heavy atom. The third kappa shape index (κ3) is 3.17. The van der Waals surface area contributed by atoms with Crippen LogP contribution in [0.3, 0.4) is 0 Å². The number of aromatic nitrogens is 1. The molecule has 1 fully saturated rings. The van der Waals surface area contributed by atoms with Gasteiger partial charge >= 0.3 is 0 Å². The highest BCUT2D eigenvalue weighted by Crippen LogP contribution is 2.14. The molecule has 0 radical (unpaired) electrons. The number of hydrogen-bond acceptors (Lipinski definition) is 4.